The van der Waals surface area contributed by atoms with Gasteiger partial charge in [-0.2, -0.15) is 0 Å². The van der Waals surface area contributed by atoms with Crippen LogP contribution in [-0.2, 0) is 0 Å². The molecular weight excluding hydrogens is 288 g/mol. The van der Waals surface area contributed by atoms with Crippen molar-refractivity contribution in [3.05, 3.63) is 33.2 Å². The van der Waals surface area contributed by atoms with Crippen LogP contribution in [0.3, 0.4) is 0 Å². The first-order valence-electron chi connectivity index (χ1n) is 4.73. The molecule has 2 rings (SSSR count). The van der Waals surface area contributed by atoms with Gasteiger partial charge in [0.1, 0.15) is 5.75 Å². The van der Waals surface area contributed by atoms with Crippen molar-refractivity contribution in [2.24, 2.45) is 0 Å². The van der Waals surface area contributed by atoms with E-state index in [0.717, 1.165) is 15.0 Å². The summed E-state index contributed by atoms with van der Waals surface area (Å²) >= 11 is 4.94. The second-order valence-electron chi connectivity index (χ2n) is 3.41. The topological polar surface area (TPSA) is 48.1 Å². The Morgan fingerprint density at radius 1 is 1.38 bits per heavy atom. The highest BCUT2D eigenvalue weighted by atomic mass is 79.9. The van der Waals surface area contributed by atoms with E-state index in [9.17, 15) is 0 Å². The van der Waals surface area contributed by atoms with Crippen molar-refractivity contribution >= 4 is 33.0 Å². The molecule has 0 aliphatic rings. The van der Waals surface area contributed by atoms with Crippen molar-refractivity contribution in [3.8, 4) is 10.9 Å². The van der Waals surface area contributed by atoms with Crippen molar-refractivity contribution in [3.63, 3.8) is 0 Å². The van der Waals surface area contributed by atoms with E-state index in [1.54, 1.807) is 6.07 Å². The number of nitrogens with zero attached hydrogens (tertiary/aromatic N) is 1. The molecule has 5 heteroatoms. The Hall–Kier alpha value is -1.07. The third-order valence-electron chi connectivity index (χ3n) is 2.16. The minimum Gasteiger partial charge on any atom is -0.430 e. The van der Waals surface area contributed by atoms with E-state index in [0.29, 0.717) is 16.6 Å². The van der Waals surface area contributed by atoms with Crippen LogP contribution < -0.4 is 10.5 Å². The van der Waals surface area contributed by atoms with Crippen LogP contribution in [0.1, 0.15) is 10.6 Å². The summed E-state index contributed by atoms with van der Waals surface area (Å²) in [4.78, 5) is 5.47. The zero-order valence-electron chi connectivity index (χ0n) is 8.95. The Kier molecular flexibility index (Phi) is 3.16. The normalized spacial score (nSPS) is 10.4. The molecule has 0 amide bonds. The van der Waals surface area contributed by atoms with Crippen LogP contribution in [0.15, 0.2) is 22.7 Å². The number of ether oxygens (including phenoxy) is 1. The van der Waals surface area contributed by atoms with Gasteiger partial charge in [0, 0.05) is 16.6 Å². The van der Waals surface area contributed by atoms with Crippen LogP contribution in [0.25, 0.3) is 0 Å². The van der Waals surface area contributed by atoms with E-state index < -0.39 is 0 Å². The number of aromatic nitrogens is 1. The Morgan fingerprint density at radius 3 is 2.75 bits per heavy atom. The molecule has 0 unspecified atom stereocenters. The van der Waals surface area contributed by atoms with Crippen molar-refractivity contribution in [2.45, 2.75) is 13.8 Å². The molecule has 0 saturated carbocycles. The molecule has 0 bridgehead atoms. The van der Waals surface area contributed by atoms with Crippen LogP contribution in [0.2, 0.25) is 0 Å². The van der Waals surface area contributed by atoms with Gasteiger partial charge in [-0.15, -0.1) is 0 Å². The number of nitrogen functional groups attached to an aromatic ring is 1. The number of anilines is 1. The number of benzene rings is 1. The highest BCUT2D eigenvalue weighted by Crippen LogP contribution is 2.34. The molecule has 0 atom stereocenters. The molecule has 1 aromatic heterocycles. The molecule has 1 aromatic carbocycles. The molecule has 2 N–H and O–H groups in total. The minimum atomic E-state index is 0.640. The maximum Gasteiger partial charge on any atom is 0.279 e. The summed E-state index contributed by atoms with van der Waals surface area (Å²) in [5, 5.41) is 0.640. The lowest BCUT2D eigenvalue weighted by atomic mass is 10.3. The summed E-state index contributed by atoms with van der Waals surface area (Å²) in [6.07, 6.45) is 0. The molecular formula is C11H11BrN2OS. The predicted octanol–water partition coefficient (Wildman–Crippen LogP) is 3.90. The lowest BCUT2D eigenvalue weighted by molar-refractivity contribution is 0.475. The summed E-state index contributed by atoms with van der Waals surface area (Å²) in [7, 11) is 0. The molecule has 84 valence electrons. The molecule has 16 heavy (non-hydrogen) atoms. The Balaban J connectivity index is 2.29. The van der Waals surface area contributed by atoms with Gasteiger partial charge in [0.2, 0.25) is 0 Å². The Labute approximate surface area is 106 Å². The first-order valence-corrected chi connectivity index (χ1v) is 6.34. The summed E-state index contributed by atoms with van der Waals surface area (Å²) in [5.74, 6) is 0.689. The highest BCUT2D eigenvalue weighted by molar-refractivity contribution is 9.10. The summed E-state index contributed by atoms with van der Waals surface area (Å²) in [6, 6.07) is 5.45. The van der Waals surface area contributed by atoms with E-state index in [1.807, 2.05) is 26.0 Å². The van der Waals surface area contributed by atoms with Gasteiger partial charge in [0.05, 0.1) is 10.2 Å². The smallest absolute Gasteiger partial charge is 0.279 e. The standard InChI is InChI=1S/C11H11BrN2OS/c1-6-7(2)16-11(14-6)15-10-5-8(13)3-4-9(10)12/h3-5H,13H2,1-2H3. The van der Waals surface area contributed by atoms with Crippen LogP contribution in [0.5, 0.6) is 10.9 Å². The number of hydrogen-bond acceptors (Lipinski definition) is 4. The fourth-order valence-electron chi connectivity index (χ4n) is 1.18. The van der Waals surface area contributed by atoms with Gasteiger partial charge >= 0.3 is 0 Å². The van der Waals surface area contributed by atoms with Crippen molar-refractivity contribution < 1.29 is 4.74 Å². The van der Waals surface area contributed by atoms with Crippen LogP contribution in [0.4, 0.5) is 5.69 Å². The second kappa shape index (κ2) is 4.43. The van der Waals surface area contributed by atoms with E-state index in [-0.39, 0.29) is 0 Å². The molecule has 0 aliphatic heterocycles. The van der Waals surface area contributed by atoms with Crippen molar-refractivity contribution in [1.29, 1.82) is 0 Å². The second-order valence-corrected chi connectivity index (χ2v) is 5.43. The predicted molar refractivity (Wildman–Crippen MR) is 70.2 cm³/mol. The molecule has 0 spiro atoms. The number of halogens is 1. The van der Waals surface area contributed by atoms with Gasteiger partial charge in [-0.1, -0.05) is 11.3 Å². The molecule has 0 aliphatic carbocycles. The number of aryl methyl sites for hydroxylation is 2. The quantitative estimate of drug-likeness (QED) is 0.856. The number of thiazole rings is 1. The lowest BCUT2D eigenvalue weighted by Gasteiger charge is -2.04. The van der Waals surface area contributed by atoms with E-state index in [1.165, 1.54) is 11.3 Å². The number of nitrogens with two attached hydrogens (primary N) is 1. The molecule has 2 aromatic rings. The molecule has 1 heterocycles. The van der Waals surface area contributed by atoms with Gasteiger partial charge in [0.25, 0.3) is 5.19 Å². The summed E-state index contributed by atoms with van der Waals surface area (Å²) in [5.41, 5.74) is 7.37. The van der Waals surface area contributed by atoms with E-state index in [4.69, 9.17) is 10.5 Å². The molecule has 0 radical (unpaired) electrons. The summed E-state index contributed by atoms with van der Waals surface area (Å²) < 4.78 is 6.54. The van der Waals surface area contributed by atoms with Crippen LogP contribution >= 0.6 is 27.3 Å². The van der Waals surface area contributed by atoms with Gasteiger partial charge in [0.15, 0.2) is 0 Å². The third kappa shape index (κ3) is 2.36. The van der Waals surface area contributed by atoms with Gasteiger partial charge in [-0.3, -0.25) is 0 Å². The summed E-state index contributed by atoms with van der Waals surface area (Å²) in [6.45, 7) is 3.99. The fourth-order valence-corrected chi connectivity index (χ4v) is 2.28. The number of rotatable bonds is 2. The van der Waals surface area contributed by atoms with Gasteiger partial charge in [-0.05, 0) is 41.9 Å². The first-order chi connectivity index (χ1) is 7.56. The zero-order chi connectivity index (χ0) is 11.7. The largest absolute Gasteiger partial charge is 0.430 e. The third-order valence-corrected chi connectivity index (χ3v) is 3.77. The Bertz CT molecular complexity index is 505. The maximum atomic E-state index is 5.70. The van der Waals surface area contributed by atoms with Crippen LogP contribution in [0, 0.1) is 13.8 Å². The molecule has 0 saturated heterocycles. The molecule has 0 fully saturated rings. The molecule has 3 nitrogen and oxygen atoms in total. The SMILES string of the molecule is Cc1nc(Oc2cc(N)ccc2Br)sc1C. The number of hydrogen-bond donors (Lipinski definition) is 1. The maximum absolute atomic E-state index is 5.70. The Morgan fingerprint density at radius 2 is 2.12 bits per heavy atom. The van der Waals surface area contributed by atoms with Crippen LogP contribution in [-0.4, -0.2) is 4.98 Å². The van der Waals surface area contributed by atoms with Crippen molar-refractivity contribution in [1.82, 2.24) is 4.98 Å². The highest BCUT2D eigenvalue weighted by Gasteiger charge is 2.08. The van der Waals surface area contributed by atoms with Gasteiger partial charge < -0.3 is 10.5 Å². The average molecular weight is 299 g/mol. The lowest BCUT2D eigenvalue weighted by Crippen LogP contribution is -1.88. The monoisotopic (exact) mass is 298 g/mol. The first kappa shape index (κ1) is 11.4. The minimum absolute atomic E-state index is 0.640. The van der Waals surface area contributed by atoms with E-state index >= 15 is 0 Å². The van der Waals surface area contributed by atoms with Gasteiger partial charge in [-0.25, -0.2) is 4.98 Å². The van der Waals surface area contributed by atoms with Crippen molar-refractivity contribution in [2.75, 3.05) is 5.73 Å². The average Bonchev–Trinajstić information content (AvgIpc) is 2.52. The zero-order valence-corrected chi connectivity index (χ0v) is 11.4. The van der Waals surface area contributed by atoms with E-state index in [2.05, 4.69) is 20.9 Å². The fraction of sp³-hybridized carbons (Fsp3) is 0.182.